The van der Waals surface area contributed by atoms with Crippen LogP contribution in [-0.4, -0.2) is 68.0 Å². The van der Waals surface area contributed by atoms with Crippen molar-refractivity contribution in [3.63, 3.8) is 0 Å². The molecule has 2 N–H and O–H groups in total. The van der Waals surface area contributed by atoms with E-state index >= 15 is 0 Å². The molecule has 1 aromatic heterocycles. The van der Waals surface area contributed by atoms with Crippen LogP contribution < -0.4 is 19.5 Å². The summed E-state index contributed by atoms with van der Waals surface area (Å²) in [5.74, 6) is -1.10. The Hall–Kier alpha value is -3.65. The molecule has 46 heavy (non-hydrogen) atoms. The molecule has 14 heteroatoms. The van der Waals surface area contributed by atoms with Gasteiger partial charge in [0.05, 0.1) is 31.5 Å². The van der Waals surface area contributed by atoms with Crippen LogP contribution >= 0.6 is 11.6 Å². The summed E-state index contributed by atoms with van der Waals surface area (Å²) < 4.78 is 85.2. The summed E-state index contributed by atoms with van der Waals surface area (Å²) in [5.41, 5.74) is -4.92. The van der Waals surface area contributed by atoms with Crippen molar-refractivity contribution in [1.29, 1.82) is 0 Å². The van der Waals surface area contributed by atoms with Crippen LogP contribution in [0.4, 0.5) is 17.6 Å². The lowest BCUT2D eigenvalue weighted by atomic mass is 9.96. The second-order valence-corrected chi connectivity index (χ2v) is 11.6. The topological polar surface area (TPSA) is 108 Å². The number of carbonyl (C=O) groups is 1. The van der Waals surface area contributed by atoms with Crippen molar-refractivity contribution >= 4 is 17.5 Å². The number of rotatable bonds is 12. The van der Waals surface area contributed by atoms with Crippen LogP contribution in [0.15, 0.2) is 48.5 Å². The van der Waals surface area contributed by atoms with E-state index in [0.29, 0.717) is 12.4 Å². The molecule has 1 saturated heterocycles. The average molecular weight is 669 g/mol. The maximum Gasteiger partial charge on any atom is 0.424 e. The molecule has 0 spiro atoms. The second-order valence-electron chi connectivity index (χ2n) is 11.2. The first kappa shape index (κ1) is 33.7. The van der Waals surface area contributed by atoms with Gasteiger partial charge < -0.3 is 34.1 Å². The van der Waals surface area contributed by atoms with Crippen LogP contribution in [-0.2, 0) is 15.1 Å². The number of benzene rings is 2. The van der Waals surface area contributed by atoms with Crippen molar-refractivity contribution in [2.24, 2.45) is 0 Å². The normalized spacial score (nSPS) is 18.7. The average Bonchev–Trinajstić information content (AvgIpc) is 3.82. The highest BCUT2D eigenvalue weighted by Crippen LogP contribution is 2.43. The molecule has 1 aliphatic carbocycles. The fraction of sp³-hybridized carbons (Fsp3) is 0.438. The van der Waals surface area contributed by atoms with Gasteiger partial charge in [-0.25, -0.2) is 9.37 Å². The third-order valence-corrected chi connectivity index (χ3v) is 8.20. The number of ether oxygens (including phenoxy) is 5. The smallest absolute Gasteiger partial charge is 0.424 e. The quantitative estimate of drug-likeness (QED) is 0.220. The number of hydrogen-bond donors (Lipinski definition) is 2. The van der Waals surface area contributed by atoms with Gasteiger partial charge >= 0.3 is 6.18 Å². The molecule has 2 aliphatic rings. The molecular formula is C32H33ClF4N2O7. The van der Waals surface area contributed by atoms with Gasteiger partial charge in [0, 0.05) is 17.7 Å². The van der Waals surface area contributed by atoms with Crippen molar-refractivity contribution in [1.82, 2.24) is 10.3 Å². The zero-order valence-corrected chi connectivity index (χ0v) is 25.8. The van der Waals surface area contributed by atoms with Crippen molar-refractivity contribution in [3.8, 4) is 28.5 Å². The molecule has 2 heterocycles. The molecule has 248 valence electrons. The highest BCUT2D eigenvalue weighted by molar-refractivity contribution is 6.31. The predicted octanol–water partition coefficient (Wildman–Crippen LogP) is 6.19. The summed E-state index contributed by atoms with van der Waals surface area (Å²) in [6.07, 6.45) is -1.08. The summed E-state index contributed by atoms with van der Waals surface area (Å²) in [7, 11) is 2.64. The van der Waals surface area contributed by atoms with E-state index in [4.69, 9.17) is 35.3 Å². The lowest BCUT2D eigenvalue weighted by Crippen LogP contribution is -2.51. The summed E-state index contributed by atoms with van der Waals surface area (Å²) in [6, 6.07) is 9.72. The Labute approximate surface area is 267 Å². The summed E-state index contributed by atoms with van der Waals surface area (Å²) >= 11 is 5.86. The van der Waals surface area contributed by atoms with Gasteiger partial charge in [0.2, 0.25) is 5.60 Å². The first-order valence-corrected chi connectivity index (χ1v) is 14.9. The van der Waals surface area contributed by atoms with E-state index in [1.54, 1.807) is 0 Å². The van der Waals surface area contributed by atoms with Crippen molar-refractivity contribution in [3.05, 3.63) is 70.6 Å². The molecule has 3 aromatic rings. The molecule has 2 unspecified atom stereocenters. The molecule has 5 rings (SSSR count). The molecule has 2 aromatic carbocycles. The van der Waals surface area contributed by atoms with Gasteiger partial charge in [-0.3, -0.25) is 4.79 Å². The number of aliphatic hydroxyl groups is 1. The van der Waals surface area contributed by atoms with Crippen LogP contribution in [0.2, 0.25) is 5.02 Å². The molecule has 1 aliphatic heterocycles. The minimum Gasteiger partial charge on any atom is -0.494 e. The van der Waals surface area contributed by atoms with Crippen LogP contribution in [0.3, 0.4) is 0 Å². The lowest BCUT2D eigenvalue weighted by Gasteiger charge is -2.30. The lowest BCUT2D eigenvalue weighted by molar-refractivity contribution is -0.265. The monoisotopic (exact) mass is 668 g/mol. The molecule has 2 atom stereocenters. The number of nitrogens with zero attached hydrogens (tertiary/aromatic N) is 1. The van der Waals surface area contributed by atoms with Crippen molar-refractivity contribution < 1.29 is 51.1 Å². The standard InChI is InChI=1S/C32H33ClF4N2O7/c1-42-24-10-11-26(39-28(24)19-6-8-22(34)21(33)15-19)31(41,32(35,36)37)17-38-29(40)20-7-9-23(25(16-20)43-2)45-18-30(12-13-30)46-27-5-3-4-14-44-27/h6-11,15-16,27,41H,3-5,12-14,17-18H2,1-2H3,(H,38,40). The number of methoxy groups -OCH3 is 2. The van der Waals surface area contributed by atoms with E-state index in [2.05, 4.69) is 10.3 Å². The zero-order chi connectivity index (χ0) is 33.1. The molecule has 2 fully saturated rings. The van der Waals surface area contributed by atoms with Crippen LogP contribution in [0.1, 0.15) is 48.2 Å². The van der Waals surface area contributed by atoms with Crippen LogP contribution in [0.25, 0.3) is 11.3 Å². The van der Waals surface area contributed by atoms with Gasteiger partial charge in [0.1, 0.15) is 29.5 Å². The van der Waals surface area contributed by atoms with Crippen molar-refractivity contribution in [2.75, 3.05) is 34.0 Å². The van der Waals surface area contributed by atoms with E-state index < -0.39 is 41.3 Å². The van der Waals surface area contributed by atoms with E-state index in [1.165, 1.54) is 50.6 Å². The minimum absolute atomic E-state index is 0.0361. The zero-order valence-electron chi connectivity index (χ0n) is 25.1. The number of alkyl halides is 3. The van der Waals surface area contributed by atoms with Crippen molar-refractivity contribution in [2.45, 2.75) is 55.8 Å². The third-order valence-electron chi connectivity index (χ3n) is 7.91. The van der Waals surface area contributed by atoms with E-state index in [-0.39, 0.29) is 46.2 Å². The number of amides is 1. The number of halogens is 5. The van der Waals surface area contributed by atoms with E-state index in [9.17, 15) is 27.5 Å². The molecule has 9 nitrogen and oxygen atoms in total. The highest BCUT2D eigenvalue weighted by Gasteiger charge is 2.56. The maximum absolute atomic E-state index is 14.4. The third kappa shape index (κ3) is 7.33. The Balaban J connectivity index is 1.30. The Bertz CT molecular complexity index is 1560. The number of carbonyl (C=O) groups excluding carboxylic acids is 1. The number of nitrogens with one attached hydrogen (secondary N) is 1. The molecular weight excluding hydrogens is 636 g/mol. The number of aromatic nitrogens is 1. The van der Waals surface area contributed by atoms with Gasteiger partial charge in [0.25, 0.3) is 5.91 Å². The van der Waals surface area contributed by atoms with E-state index in [1.807, 2.05) is 0 Å². The van der Waals surface area contributed by atoms with Gasteiger partial charge in [-0.15, -0.1) is 0 Å². The van der Waals surface area contributed by atoms with E-state index in [0.717, 1.165) is 44.2 Å². The Morgan fingerprint density at radius 1 is 1.07 bits per heavy atom. The van der Waals surface area contributed by atoms with Gasteiger partial charge in [-0.2, -0.15) is 13.2 Å². The molecule has 0 bridgehead atoms. The first-order chi connectivity index (χ1) is 21.9. The summed E-state index contributed by atoms with van der Waals surface area (Å²) in [6.45, 7) is -0.390. The summed E-state index contributed by atoms with van der Waals surface area (Å²) in [4.78, 5) is 17.0. The maximum atomic E-state index is 14.4. The fourth-order valence-electron chi connectivity index (χ4n) is 4.99. The van der Waals surface area contributed by atoms with Gasteiger partial charge in [-0.05, 0) is 80.6 Å². The highest BCUT2D eigenvalue weighted by atomic mass is 35.5. The number of hydrogen-bond acceptors (Lipinski definition) is 8. The van der Waals surface area contributed by atoms with Gasteiger partial charge in [0.15, 0.2) is 17.8 Å². The fourth-order valence-corrected chi connectivity index (χ4v) is 5.17. The Kier molecular flexibility index (Phi) is 9.97. The Morgan fingerprint density at radius 3 is 2.43 bits per heavy atom. The number of pyridine rings is 1. The largest absolute Gasteiger partial charge is 0.494 e. The van der Waals surface area contributed by atoms with Gasteiger partial charge in [-0.1, -0.05) is 11.6 Å². The molecule has 1 amide bonds. The summed E-state index contributed by atoms with van der Waals surface area (Å²) in [5, 5.41) is 12.8. The predicted molar refractivity (Wildman–Crippen MR) is 159 cm³/mol. The molecule has 1 saturated carbocycles. The first-order valence-electron chi connectivity index (χ1n) is 14.6. The molecule has 0 radical (unpaired) electrons. The Morgan fingerprint density at radius 2 is 1.80 bits per heavy atom. The second kappa shape index (κ2) is 13.6. The van der Waals surface area contributed by atoms with Crippen LogP contribution in [0.5, 0.6) is 17.2 Å². The SMILES string of the molecule is COc1cc(C(=O)NCC(O)(c2ccc(OC)c(-c3ccc(F)c(Cl)c3)n2)C(F)(F)F)ccc1OCC1(OC2CCCCO2)CC1. The van der Waals surface area contributed by atoms with Crippen LogP contribution in [0, 0.1) is 5.82 Å². The minimum atomic E-state index is -5.27.